The molecule has 6 nitrogen and oxygen atoms in total. The highest BCUT2D eigenvalue weighted by Gasteiger charge is 2.16. The molecule has 0 aliphatic carbocycles. The summed E-state index contributed by atoms with van der Waals surface area (Å²) in [7, 11) is 0. The quantitative estimate of drug-likeness (QED) is 0.754. The van der Waals surface area contributed by atoms with Crippen LogP contribution < -0.4 is 5.32 Å². The van der Waals surface area contributed by atoms with Crippen LogP contribution in [0.1, 0.15) is 20.7 Å². The van der Waals surface area contributed by atoms with E-state index in [1.165, 1.54) is 36.7 Å². The van der Waals surface area contributed by atoms with Gasteiger partial charge in [-0.1, -0.05) is 17.7 Å². The van der Waals surface area contributed by atoms with Crippen molar-refractivity contribution in [3.63, 3.8) is 0 Å². The van der Waals surface area contributed by atoms with E-state index in [4.69, 9.17) is 16.7 Å². The zero-order valence-corrected chi connectivity index (χ0v) is 10.8. The van der Waals surface area contributed by atoms with E-state index in [1.54, 1.807) is 0 Å². The maximum Gasteiger partial charge on any atom is 0.339 e. The molecule has 2 rings (SSSR count). The Kier molecular flexibility index (Phi) is 3.86. The van der Waals surface area contributed by atoms with Gasteiger partial charge in [0.05, 0.1) is 16.3 Å². The number of para-hydroxylation sites is 1. The van der Waals surface area contributed by atoms with Crippen LogP contribution in [0.3, 0.4) is 0 Å². The van der Waals surface area contributed by atoms with Crippen molar-refractivity contribution in [3.05, 3.63) is 52.8 Å². The van der Waals surface area contributed by atoms with Crippen LogP contribution in [-0.4, -0.2) is 27.1 Å². The summed E-state index contributed by atoms with van der Waals surface area (Å²) in [6, 6.07) is 5.43. The summed E-state index contributed by atoms with van der Waals surface area (Å²) in [5.74, 6) is -2.38. The van der Waals surface area contributed by atoms with Crippen LogP contribution in [0.25, 0.3) is 0 Å². The SMILES string of the molecule is O=C(Nc1cccc(C(=O)O)c1O)c1ccncc1Cl. The number of aromatic carboxylic acids is 1. The Morgan fingerprint density at radius 2 is 1.95 bits per heavy atom. The van der Waals surface area contributed by atoms with Crippen LogP contribution in [0.2, 0.25) is 5.02 Å². The van der Waals surface area contributed by atoms with E-state index in [9.17, 15) is 14.7 Å². The molecular formula is C13H9ClN2O4. The Morgan fingerprint density at radius 3 is 2.60 bits per heavy atom. The zero-order valence-electron chi connectivity index (χ0n) is 10.0. The molecule has 1 amide bonds. The first kappa shape index (κ1) is 13.8. The van der Waals surface area contributed by atoms with Crippen LogP contribution in [0.5, 0.6) is 5.75 Å². The number of amides is 1. The molecule has 0 bridgehead atoms. The lowest BCUT2D eigenvalue weighted by atomic mass is 10.1. The lowest BCUT2D eigenvalue weighted by Gasteiger charge is -2.09. The third-order valence-electron chi connectivity index (χ3n) is 2.53. The molecule has 0 aliphatic rings. The van der Waals surface area contributed by atoms with Gasteiger partial charge in [-0.05, 0) is 18.2 Å². The molecule has 1 aromatic heterocycles. The number of carbonyl (C=O) groups is 2. The standard InChI is InChI=1S/C13H9ClN2O4/c14-9-6-15-5-4-7(9)12(18)16-10-3-1-2-8(11(10)17)13(19)20/h1-6,17H,(H,16,18)(H,19,20). The number of pyridine rings is 1. The molecule has 0 spiro atoms. The average molecular weight is 293 g/mol. The minimum Gasteiger partial charge on any atom is -0.505 e. The van der Waals surface area contributed by atoms with Gasteiger partial charge in [0.25, 0.3) is 5.91 Å². The zero-order chi connectivity index (χ0) is 14.7. The summed E-state index contributed by atoms with van der Waals surface area (Å²) >= 11 is 5.83. The van der Waals surface area contributed by atoms with Crippen molar-refractivity contribution < 1.29 is 19.8 Å². The molecule has 1 heterocycles. The maximum atomic E-state index is 12.0. The van der Waals surface area contributed by atoms with Crippen molar-refractivity contribution in [1.29, 1.82) is 0 Å². The van der Waals surface area contributed by atoms with Crippen molar-refractivity contribution in [3.8, 4) is 5.75 Å². The first-order valence-corrected chi connectivity index (χ1v) is 5.84. The van der Waals surface area contributed by atoms with Gasteiger partial charge >= 0.3 is 5.97 Å². The smallest absolute Gasteiger partial charge is 0.339 e. The lowest BCUT2D eigenvalue weighted by Crippen LogP contribution is -2.13. The van der Waals surface area contributed by atoms with Crippen molar-refractivity contribution in [2.24, 2.45) is 0 Å². The summed E-state index contributed by atoms with van der Waals surface area (Å²) in [6.45, 7) is 0. The average Bonchev–Trinajstić information content (AvgIpc) is 2.41. The lowest BCUT2D eigenvalue weighted by molar-refractivity contribution is 0.0693. The Labute approximate surface area is 118 Å². The predicted molar refractivity (Wildman–Crippen MR) is 72.3 cm³/mol. The fourth-order valence-corrected chi connectivity index (χ4v) is 1.77. The predicted octanol–water partition coefficient (Wildman–Crippen LogP) is 2.39. The van der Waals surface area contributed by atoms with Crippen LogP contribution in [-0.2, 0) is 0 Å². The maximum absolute atomic E-state index is 12.0. The number of carbonyl (C=O) groups excluding carboxylic acids is 1. The van der Waals surface area contributed by atoms with E-state index in [2.05, 4.69) is 10.3 Å². The molecule has 2 aromatic rings. The largest absolute Gasteiger partial charge is 0.505 e. The number of hydrogen-bond donors (Lipinski definition) is 3. The van der Waals surface area contributed by atoms with E-state index in [1.807, 2.05) is 0 Å². The van der Waals surface area contributed by atoms with E-state index < -0.39 is 17.6 Å². The van der Waals surface area contributed by atoms with Gasteiger partial charge in [-0.25, -0.2) is 4.79 Å². The summed E-state index contributed by atoms with van der Waals surface area (Å²) in [5, 5.41) is 21.2. The van der Waals surface area contributed by atoms with Crippen molar-refractivity contribution >= 4 is 29.2 Å². The molecule has 0 fully saturated rings. The number of phenols is 1. The number of benzene rings is 1. The van der Waals surface area contributed by atoms with E-state index >= 15 is 0 Å². The topological polar surface area (TPSA) is 99.5 Å². The van der Waals surface area contributed by atoms with Gasteiger partial charge < -0.3 is 15.5 Å². The number of aromatic nitrogens is 1. The first-order chi connectivity index (χ1) is 9.50. The van der Waals surface area contributed by atoms with Gasteiger partial charge in [-0.15, -0.1) is 0 Å². The molecule has 1 aromatic carbocycles. The Bertz CT molecular complexity index is 688. The number of hydrogen-bond acceptors (Lipinski definition) is 4. The van der Waals surface area contributed by atoms with Crippen LogP contribution >= 0.6 is 11.6 Å². The second-order valence-corrected chi connectivity index (χ2v) is 4.22. The van der Waals surface area contributed by atoms with Crippen LogP contribution in [0.4, 0.5) is 5.69 Å². The number of nitrogens with one attached hydrogen (secondary N) is 1. The first-order valence-electron chi connectivity index (χ1n) is 5.47. The highest BCUT2D eigenvalue weighted by Crippen LogP contribution is 2.28. The second kappa shape index (κ2) is 5.58. The molecule has 3 N–H and O–H groups in total. The normalized spacial score (nSPS) is 10.1. The highest BCUT2D eigenvalue weighted by atomic mass is 35.5. The van der Waals surface area contributed by atoms with E-state index in [0.29, 0.717) is 0 Å². The molecule has 0 saturated carbocycles. The number of carboxylic acid groups (broad SMARTS) is 1. The molecule has 7 heteroatoms. The number of nitrogens with zero attached hydrogens (tertiary/aromatic N) is 1. The summed E-state index contributed by atoms with van der Waals surface area (Å²) in [5.41, 5.74) is -0.145. The Morgan fingerprint density at radius 1 is 1.20 bits per heavy atom. The van der Waals surface area contributed by atoms with Gasteiger partial charge in [0.1, 0.15) is 5.56 Å². The van der Waals surface area contributed by atoms with Crippen LogP contribution in [0.15, 0.2) is 36.7 Å². The fraction of sp³-hybridized carbons (Fsp3) is 0. The van der Waals surface area contributed by atoms with Crippen molar-refractivity contribution in [2.45, 2.75) is 0 Å². The monoisotopic (exact) mass is 292 g/mol. The minimum absolute atomic E-state index is 0.0113. The van der Waals surface area contributed by atoms with E-state index in [0.717, 1.165) is 0 Å². The Balaban J connectivity index is 2.32. The van der Waals surface area contributed by atoms with Crippen LogP contribution in [0, 0.1) is 0 Å². The van der Waals surface area contributed by atoms with Gasteiger partial charge in [-0.2, -0.15) is 0 Å². The van der Waals surface area contributed by atoms with Gasteiger partial charge in [0.15, 0.2) is 5.75 Å². The molecular weight excluding hydrogens is 284 g/mol. The Hall–Kier alpha value is -2.60. The molecule has 0 aliphatic heterocycles. The second-order valence-electron chi connectivity index (χ2n) is 3.82. The van der Waals surface area contributed by atoms with Gasteiger partial charge in [-0.3, -0.25) is 9.78 Å². The third-order valence-corrected chi connectivity index (χ3v) is 2.83. The highest BCUT2D eigenvalue weighted by molar-refractivity contribution is 6.34. The number of aromatic hydroxyl groups is 1. The van der Waals surface area contributed by atoms with Gasteiger partial charge in [0, 0.05) is 12.4 Å². The number of halogens is 1. The molecule has 20 heavy (non-hydrogen) atoms. The molecule has 102 valence electrons. The molecule has 0 atom stereocenters. The molecule has 0 radical (unpaired) electrons. The van der Waals surface area contributed by atoms with E-state index in [-0.39, 0.29) is 21.8 Å². The number of carboxylic acids is 1. The minimum atomic E-state index is -1.29. The number of anilines is 1. The fourth-order valence-electron chi connectivity index (χ4n) is 1.57. The molecule has 0 unspecified atom stereocenters. The summed E-state index contributed by atoms with van der Waals surface area (Å²) < 4.78 is 0. The summed E-state index contributed by atoms with van der Waals surface area (Å²) in [6.07, 6.45) is 2.71. The number of rotatable bonds is 3. The van der Waals surface area contributed by atoms with Gasteiger partial charge in [0.2, 0.25) is 0 Å². The molecule has 0 saturated heterocycles. The third kappa shape index (κ3) is 2.70. The summed E-state index contributed by atoms with van der Waals surface area (Å²) in [4.78, 5) is 26.6. The van der Waals surface area contributed by atoms with Crippen molar-refractivity contribution in [2.75, 3.05) is 5.32 Å². The van der Waals surface area contributed by atoms with Crippen molar-refractivity contribution in [1.82, 2.24) is 4.98 Å².